The molecule has 1 N–H and O–H groups in total. The molecule has 21 heavy (non-hydrogen) atoms. The lowest BCUT2D eigenvalue weighted by Crippen LogP contribution is -2.44. The second kappa shape index (κ2) is 8.15. The molecule has 116 valence electrons. The van der Waals surface area contributed by atoms with Crippen LogP contribution in [0, 0.1) is 5.92 Å². The number of benzene rings is 1. The number of nitrogens with zero attached hydrogens (tertiary/aromatic N) is 1. The molecule has 1 aromatic rings. The molecule has 0 radical (unpaired) electrons. The van der Waals surface area contributed by atoms with E-state index in [0.29, 0.717) is 12.5 Å². The van der Waals surface area contributed by atoms with E-state index in [9.17, 15) is 4.79 Å². The molecule has 1 aliphatic heterocycles. The van der Waals surface area contributed by atoms with Crippen molar-refractivity contribution in [1.29, 1.82) is 0 Å². The van der Waals surface area contributed by atoms with E-state index >= 15 is 0 Å². The Labute approximate surface area is 127 Å². The van der Waals surface area contributed by atoms with Gasteiger partial charge >= 0.3 is 0 Å². The summed E-state index contributed by atoms with van der Waals surface area (Å²) < 4.78 is 5.73. The zero-order valence-electron chi connectivity index (χ0n) is 13.0. The van der Waals surface area contributed by atoms with E-state index in [-0.39, 0.29) is 5.91 Å². The Morgan fingerprint density at radius 2 is 2.19 bits per heavy atom. The van der Waals surface area contributed by atoms with Crippen molar-refractivity contribution in [3.8, 4) is 0 Å². The maximum atomic E-state index is 12.8. The van der Waals surface area contributed by atoms with Gasteiger partial charge in [0.05, 0.1) is 0 Å². The summed E-state index contributed by atoms with van der Waals surface area (Å²) in [5, 5.41) is 3.21. The zero-order chi connectivity index (χ0) is 15.1. The van der Waals surface area contributed by atoms with Crippen LogP contribution in [-0.4, -0.2) is 44.1 Å². The first-order valence-corrected chi connectivity index (χ1v) is 7.86. The van der Waals surface area contributed by atoms with Gasteiger partial charge in [-0.2, -0.15) is 0 Å². The molecule has 1 saturated heterocycles. The summed E-state index contributed by atoms with van der Waals surface area (Å²) in [5.74, 6) is 0.648. The molecule has 4 heteroatoms. The van der Waals surface area contributed by atoms with Gasteiger partial charge in [-0.3, -0.25) is 4.79 Å². The maximum absolute atomic E-state index is 12.8. The van der Waals surface area contributed by atoms with Crippen LogP contribution in [-0.2, 0) is 9.53 Å². The van der Waals surface area contributed by atoms with Crippen molar-refractivity contribution < 1.29 is 9.53 Å². The fourth-order valence-corrected chi connectivity index (χ4v) is 2.99. The lowest BCUT2D eigenvalue weighted by Gasteiger charge is -2.35. The van der Waals surface area contributed by atoms with Crippen LogP contribution in [0.15, 0.2) is 30.3 Å². The summed E-state index contributed by atoms with van der Waals surface area (Å²) in [5.41, 5.74) is 0.945. The molecule has 1 aliphatic rings. The van der Waals surface area contributed by atoms with Gasteiger partial charge in [0.1, 0.15) is 0 Å². The average Bonchev–Trinajstić information content (AvgIpc) is 2.53. The minimum atomic E-state index is -0.468. The molecule has 0 bridgehead atoms. The summed E-state index contributed by atoms with van der Waals surface area (Å²) in [6.07, 6.45) is 1.80. The topological polar surface area (TPSA) is 41.6 Å². The van der Waals surface area contributed by atoms with Crippen molar-refractivity contribution in [2.45, 2.75) is 25.9 Å². The highest BCUT2D eigenvalue weighted by atomic mass is 16.5. The Balaban J connectivity index is 2.07. The van der Waals surface area contributed by atoms with Gasteiger partial charge in [-0.15, -0.1) is 0 Å². The minimum absolute atomic E-state index is 0.101. The number of rotatable bonds is 6. The SMILES string of the molecule is CCOC(C(=O)N1CCCC(CNC)C1)c1ccccc1. The molecule has 2 atom stereocenters. The molecule has 0 saturated carbocycles. The largest absolute Gasteiger partial charge is 0.364 e. The first kappa shape index (κ1) is 16.0. The van der Waals surface area contributed by atoms with Gasteiger partial charge in [0.25, 0.3) is 5.91 Å². The Hall–Kier alpha value is -1.39. The van der Waals surface area contributed by atoms with Gasteiger partial charge in [-0.25, -0.2) is 0 Å². The lowest BCUT2D eigenvalue weighted by molar-refractivity contribution is -0.145. The highest BCUT2D eigenvalue weighted by molar-refractivity contribution is 5.82. The molecule has 1 heterocycles. The predicted molar refractivity (Wildman–Crippen MR) is 84.0 cm³/mol. The third-order valence-corrected chi connectivity index (χ3v) is 3.98. The number of ether oxygens (including phenoxy) is 1. The van der Waals surface area contributed by atoms with Gasteiger partial charge in [0, 0.05) is 19.7 Å². The molecule has 1 amide bonds. The van der Waals surface area contributed by atoms with Crippen LogP contribution < -0.4 is 5.32 Å². The standard InChI is InChI=1S/C17H26N2O2/c1-3-21-16(15-9-5-4-6-10-15)17(20)19-11-7-8-14(13-19)12-18-2/h4-6,9-10,14,16,18H,3,7-8,11-13H2,1-2H3. The molecule has 1 fully saturated rings. The molecular formula is C17H26N2O2. The highest BCUT2D eigenvalue weighted by Crippen LogP contribution is 2.24. The average molecular weight is 290 g/mol. The maximum Gasteiger partial charge on any atom is 0.256 e. The third kappa shape index (κ3) is 4.29. The number of carbonyl (C=O) groups excluding carboxylic acids is 1. The number of carbonyl (C=O) groups is 1. The van der Waals surface area contributed by atoms with E-state index in [1.165, 1.54) is 6.42 Å². The summed E-state index contributed by atoms with van der Waals surface area (Å²) in [6, 6.07) is 9.80. The number of hydrogen-bond donors (Lipinski definition) is 1. The van der Waals surface area contributed by atoms with Crippen LogP contribution in [0.2, 0.25) is 0 Å². The van der Waals surface area contributed by atoms with Crippen LogP contribution in [0.4, 0.5) is 0 Å². The van der Waals surface area contributed by atoms with Crippen molar-refractivity contribution in [3.05, 3.63) is 35.9 Å². The Kier molecular flexibility index (Phi) is 6.21. The number of likely N-dealkylation sites (tertiary alicyclic amines) is 1. The lowest BCUT2D eigenvalue weighted by atomic mass is 9.97. The monoisotopic (exact) mass is 290 g/mol. The summed E-state index contributed by atoms with van der Waals surface area (Å²) in [4.78, 5) is 14.8. The van der Waals surface area contributed by atoms with Crippen molar-refractivity contribution >= 4 is 5.91 Å². The Bertz CT molecular complexity index is 434. The van der Waals surface area contributed by atoms with Crippen molar-refractivity contribution in [3.63, 3.8) is 0 Å². The van der Waals surface area contributed by atoms with E-state index in [4.69, 9.17) is 4.74 Å². The van der Waals surface area contributed by atoms with Crippen molar-refractivity contribution in [1.82, 2.24) is 10.2 Å². The van der Waals surface area contributed by atoms with Crippen LogP contribution in [0.1, 0.15) is 31.4 Å². The van der Waals surface area contributed by atoms with E-state index in [2.05, 4.69) is 5.32 Å². The summed E-state index contributed by atoms with van der Waals surface area (Å²) >= 11 is 0. The molecule has 2 rings (SSSR count). The first-order valence-electron chi connectivity index (χ1n) is 7.86. The van der Waals surface area contributed by atoms with Crippen LogP contribution in [0.25, 0.3) is 0 Å². The molecule has 4 nitrogen and oxygen atoms in total. The van der Waals surface area contributed by atoms with Crippen molar-refractivity contribution in [2.75, 3.05) is 33.3 Å². The van der Waals surface area contributed by atoms with E-state index in [0.717, 1.165) is 31.6 Å². The van der Waals surface area contributed by atoms with E-state index < -0.39 is 6.10 Å². The van der Waals surface area contributed by atoms with Crippen molar-refractivity contribution in [2.24, 2.45) is 5.92 Å². The van der Waals surface area contributed by atoms with Gasteiger partial charge in [-0.05, 0) is 44.8 Å². The molecule has 1 aromatic carbocycles. The normalized spacial score (nSPS) is 20.3. The molecule has 0 spiro atoms. The fourth-order valence-electron chi connectivity index (χ4n) is 2.99. The summed E-state index contributed by atoms with van der Waals surface area (Å²) in [6.45, 7) is 5.11. The number of amides is 1. The second-order valence-electron chi connectivity index (χ2n) is 5.60. The van der Waals surface area contributed by atoms with E-state index in [1.807, 2.05) is 49.2 Å². The molecule has 2 unspecified atom stereocenters. The third-order valence-electron chi connectivity index (χ3n) is 3.98. The number of nitrogens with one attached hydrogen (secondary N) is 1. The molecule has 0 aromatic heterocycles. The predicted octanol–water partition coefficient (Wildman–Crippen LogP) is 2.22. The first-order chi connectivity index (χ1) is 10.3. The molecule has 0 aliphatic carbocycles. The van der Waals surface area contributed by atoms with Crippen LogP contribution >= 0.6 is 0 Å². The van der Waals surface area contributed by atoms with Gasteiger partial charge in [0.2, 0.25) is 0 Å². The van der Waals surface area contributed by atoms with Gasteiger partial charge in [0.15, 0.2) is 6.10 Å². The second-order valence-corrected chi connectivity index (χ2v) is 5.60. The summed E-state index contributed by atoms with van der Waals surface area (Å²) in [7, 11) is 1.97. The fraction of sp³-hybridized carbons (Fsp3) is 0.588. The zero-order valence-corrected chi connectivity index (χ0v) is 13.0. The number of hydrogen-bond acceptors (Lipinski definition) is 3. The number of piperidine rings is 1. The van der Waals surface area contributed by atoms with E-state index in [1.54, 1.807) is 0 Å². The highest BCUT2D eigenvalue weighted by Gasteiger charge is 2.30. The van der Waals surface area contributed by atoms with Gasteiger partial charge < -0.3 is 15.0 Å². The Morgan fingerprint density at radius 3 is 2.86 bits per heavy atom. The van der Waals surface area contributed by atoms with Crippen LogP contribution in [0.3, 0.4) is 0 Å². The quantitative estimate of drug-likeness (QED) is 0.873. The minimum Gasteiger partial charge on any atom is -0.364 e. The smallest absolute Gasteiger partial charge is 0.256 e. The van der Waals surface area contributed by atoms with Crippen LogP contribution in [0.5, 0.6) is 0 Å². The van der Waals surface area contributed by atoms with Gasteiger partial charge in [-0.1, -0.05) is 30.3 Å². The Morgan fingerprint density at radius 1 is 1.43 bits per heavy atom. The molecular weight excluding hydrogens is 264 g/mol.